The lowest BCUT2D eigenvalue weighted by molar-refractivity contribution is 0.528. The summed E-state index contributed by atoms with van der Waals surface area (Å²) < 4.78 is 1.93. The minimum absolute atomic E-state index is 0.202. The van der Waals surface area contributed by atoms with E-state index in [2.05, 4.69) is 34.6 Å². The highest BCUT2D eigenvalue weighted by atomic mass is 15.3. The zero-order valence-corrected chi connectivity index (χ0v) is 9.59. The van der Waals surface area contributed by atoms with Crippen LogP contribution in [-0.4, -0.2) is 14.8 Å². The Bertz CT molecular complexity index is 435. The molecule has 0 spiro atoms. The summed E-state index contributed by atoms with van der Waals surface area (Å²) >= 11 is 0. The van der Waals surface area contributed by atoms with Gasteiger partial charge in [-0.1, -0.05) is 30.3 Å². The van der Waals surface area contributed by atoms with Gasteiger partial charge in [0.2, 0.25) is 0 Å². The maximum absolute atomic E-state index is 4.08. The summed E-state index contributed by atoms with van der Waals surface area (Å²) in [7, 11) is 1.95. The van der Waals surface area contributed by atoms with Crippen molar-refractivity contribution in [1.82, 2.24) is 20.1 Å². The zero-order chi connectivity index (χ0) is 11.4. The molecule has 16 heavy (non-hydrogen) atoms. The first kappa shape index (κ1) is 10.8. The average molecular weight is 216 g/mol. The van der Waals surface area contributed by atoms with E-state index in [4.69, 9.17) is 0 Å². The monoisotopic (exact) mass is 216 g/mol. The van der Waals surface area contributed by atoms with Gasteiger partial charge in [-0.15, -0.1) is 10.2 Å². The second-order valence-electron chi connectivity index (χ2n) is 3.89. The topological polar surface area (TPSA) is 42.7 Å². The van der Waals surface area contributed by atoms with E-state index < -0.39 is 0 Å². The van der Waals surface area contributed by atoms with Crippen molar-refractivity contribution in [3.63, 3.8) is 0 Å². The molecule has 2 rings (SSSR count). The fourth-order valence-electron chi connectivity index (χ4n) is 1.64. The van der Waals surface area contributed by atoms with E-state index in [1.165, 1.54) is 5.56 Å². The molecule has 0 fully saturated rings. The Labute approximate surface area is 95.3 Å². The summed E-state index contributed by atoms with van der Waals surface area (Å²) in [5, 5.41) is 11.4. The van der Waals surface area contributed by atoms with Crippen LogP contribution < -0.4 is 5.32 Å². The minimum atomic E-state index is 0.202. The molecule has 0 radical (unpaired) electrons. The van der Waals surface area contributed by atoms with Gasteiger partial charge in [0.05, 0.1) is 6.04 Å². The number of aryl methyl sites for hydroxylation is 1. The zero-order valence-electron chi connectivity index (χ0n) is 9.59. The third kappa shape index (κ3) is 2.46. The van der Waals surface area contributed by atoms with Gasteiger partial charge in [0.15, 0.2) is 0 Å². The molecule has 0 saturated heterocycles. The van der Waals surface area contributed by atoms with Gasteiger partial charge >= 0.3 is 0 Å². The third-order valence-corrected chi connectivity index (χ3v) is 2.59. The fourth-order valence-corrected chi connectivity index (χ4v) is 1.64. The summed E-state index contributed by atoms with van der Waals surface area (Å²) in [5.41, 5.74) is 1.27. The quantitative estimate of drug-likeness (QED) is 0.845. The van der Waals surface area contributed by atoms with Crippen LogP contribution >= 0.6 is 0 Å². The summed E-state index contributed by atoms with van der Waals surface area (Å²) in [6.45, 7) is 2.93. The normalized spacial score (nSPS) is 12.6. The van der Waals surface area contributed by atoms with Crippen molar-refractivity contribution in [3.05, 3.63) is 48.0 Å². The largest absolute Gasteiger partial charge is 0.319 e. The van der Waals surface area contributed by atoms with Crippen molar-refractivity contribution in [2.75, 3.05) is 0 Å². The Kier molecular flexibility index (Phi) is 3.31. The predicted octanol–water partition coefficient (Wildman–Crippen LogP) is 1.67. The van der Waals surface area contributed by atoms with Gasteiger partial charge < -0.3 is 9.88 Å². The first-order valence-electron chi connectivity index (χ1n) is 5.38. The van der Waals surface area contributed by atoms with Crippen molar-refractivity contribution < 1.29 is 0 Å². The Morgan fingerprint density at radius 2 is 2.06 bits per heavy atom. The second kappa shape index (κ2) is 4.90. The maximum Gasteiger partial charge on any atom is 0.149 e. The highest BCUT2D eigenvalue weighted by Crippen LogP contribution is 2.08. The molecular weight excluding hydrogens is 200 g/mol. The molecule has 1 heterocycles. The molecular formula is C12H16N4. The van der Waals surface area contributed by atoms with E-state index in [1.807, 2.05) is 29.8 Å². The van der Waals surface area contributed by atoms with Crippen LogP contribution in [0.4, 0.5) is 0 Å². The van der Waals surface area contributed by atoms with Gasteiger partial charge in [-0.05, 0) is 12.5 Å². The van der Waals surface area contributed by atoms with Gasteiger partial charge in [0.1, 0.15) is 12.2 Å². The van der Waals surface area contributed by atoms with Crippen LogP contribution in [-0.2, 0) is 13.6 Å². The molecule has 0 amide bonds. The standard InChI is InChI=1S/C12H16N4/c1-10(12-15-14-9-16(12)2)13-8-11-6-4-3-5-7-11/h3-7,9-10,13H,8H2,1-2H3. The highest BCUT2D eigenvalue weighted by molar-refractivity contribution is 5.14. The first-order chi connectivity index (χ1) is 7.77. The lowest BCUT2D eigenvalue weighted by atomic mass is 10.2. The number of benzene rings is 1. The van der Waals surface area contributed by atoms with Crippen LogP contribution in [0.25, 0.3) is 0 Å². The van der Waals surface area contributed by atoms with Crippen molar-refractivity contribution in [1.29, 1.82) is 0 Å². The van der Waals surface area contributed by atoms with E-state index in [9.17, 15) is 0 Å². The van der Waals surface area contributed by atoms with Crippen molar-refractivity contribution >= 4 is 0 Å². The van der Waals surface area contributed by atoms with Crippen LogP contribution in [0.15, 0.2) is 36.7 Å². The molecule has 1 aromatic heterocycles. The minimum Gasteiger partial charge on any atom is -0.319 e. The number of hydrogen-bond donors (Lipinski definition) is 1. The van der Waals surface area contributed by atoms with Gasteiger partial charge in [-0.3, -0.25) is 0 Å². The van der Waals surface area contributed by atoms with E-state index in [0.717, 1.165) is 12.4 Å². The Morgan fingerprint density at radius 3 is 2.69 bits per heavy atom. The molecule has 1 unspecified atom stereocenters. The number of rotatable bonds is 4. The Balaban J connectivity index is 1.94. The van der Waals surface area contributed by atoms with Crippen LogP contribution in [0.3, 0.4) is 0 Å². The molecule has 1 atom stereocenters. The highest BCUT2D eigenvalue weighted by Gasteiger charge is 2.09. The van der Waals surface area contributed by atoms with Crippen LogP contribution in [0.1, 0.15) is 24.4 Å². The molecule has 4 heteroatoms. The lowest BCUT2D eigenvalue weighted by Gasteiger charge is -2.12. The van der Waals surface area contributed by atoms with Gasteiger partial charge in [-0.2, -0.15) is 0 Å². The molecule has 84 valence electrons. The number of nitrogens with one attached hydrogen (secondary N) is 1. The van der Waals surface area contributed by atoms with Crippen LogP contribution in [0.2, 0.25) is 0 Å². The SMILES string of the molecule is CC(NCc1ccccc1)c1nncn1C. The van der Waals surface area contributed by atoms with Gasteiger partial charge in [-0.25, -0.2) is 0 Å². The van der Waals surface area contributed by atoms with Crippen LogP contribution in [0, 0.1) is 0 Å². The van der Waals surface area contributed by atoms with Gasteiger partial charge in [0.25, 0.3) is 0 Å². The molecule has 0 aliphatic carbocycles. The molecule has 1 N–H and O–H groups in total. The summed E-state index contributed by atoms with van der Waals surface area (Å²) in [6, 6.07) is 10.5. The van der Waals surface area contributed by atoms with Crippen LogP contribution in [0.5, 0.6) is 0 Å². The molecule has 1 aromatic carbocycles. The van der Waals surface area contributed by atoms with Gasteiger partial charge in [0, 0.05) is 13.6 Å². The van der Waals surface area contributed by atoms with Crippen molar-refractivity contribution in [2.24, 2.45) is 7.05 Å². The summed E-state index contributed by atoms with van der Waals surface area (Å²) in [4.78, 5) is 0. The number of aromatic nitrogens is 3. The Morgan fingerprint density at radius 1 is 1.31 bits per heavy atom. The predicted molar refractivity (Wildman–Crippen MR) is 62.7 cm³/mol. The Hall–Kier alpha value is -1.68. The molecule has 0 saturated carbocycles. The lowest BCUT2D eigenvalue weighted by Crippen LogP contribution is -2.20. The average Bonchev–Trinajstić information content (AvgIpc) is 2.74. The fraction of sp³-hybridized carbons (Fsp3) is 0.333. The number of hydrogen-bond acceptors (Lipinski definition) is 3. The van der Waals surface area contributed by atoms with Crippen molar-refractivity contribution in [3.8, 4) is 0 Å². The van der Waals surface area contributed by atoms with E-state index in [-0.39, 0.29) is 6.04 Å². The molecule has 4 nitrogen and oxygen atoms in total. The molecule has 2 aromatic rings. The molecule has 0 aliphatic heterocycles. The number of nitrogens with zero attached hydrogens (tertiary/aromatic N) is 3. The summed E-state index contributed by atoms with van der Waals surface area (Å²) in [6.07, 6.45) is 1.72. The van der Waals surface area contributed by atoms with E-state index >= 15 is 0 Å². The van der Waals surface area contributed by atoms with Crippen molar-refractivity contribution in [2.45, 2.75) is 19.5 Å². The first-order valence-corrected chi connectivity index (χ1v) is 5.38. The maximum atomic E-state index is 4.08. The summed E-state index contributed by atoms with van der Waals surface area (Å²) in [5.74, 6) is 0.955. The molecule has 0 aliphatic rings. The van der Waals surface area contributed by atoms with E-state index in [1.54, 1.807) is 6.33 Å². The smallest absolute Gasteiger partial charge is 0.149 e. The molecule has 0 bridgehead atoms. The van der Waals surface area contributed by atoms with E-state index in [0.29, 0.717) is 0 Å². The third-order valence-electron chi connectivity index (χ3n) is 2.59. The second-order valence-corrected chi connectivity index (χ2v) is 3.89.